The molecule has 2 rings (SSSR count). The van der Waals surface area contributed by atoms with Crippen LogP contribution in [-0.4, -0.2) is 37.6 Å². The molecular formula is C19H26F2N2O5. The summed E-state index contributed by atoms with van der Waals surface area (Å²) in [5, 5.41) is 2.11. The maximum Gasteiger partial charge on any atom is 0.293 e. The smallest absolute Gasteiger partial charge is 0.293 e. The van der Waals surface area contributed by atoms with Crippen molar-refractivity contribution in [3.63, 3.8) is 0 Å². The van der Waals surface area contributed by atoms with E-state index in [1.807, 2.05) is 0 Å². The minimum absolute atomic E-state index is 0.0301. The molecule has 0 radical (unpaired) electrons. The lowest BCUT2D eigenvalue weighted by molar-refractivity contribution is -0.138. The fourth-order valence-electron chi connectivity index (χ4n) is 1.89. The van der Waals surface area contributed by atoms with Crippen molar-refractivity contribution in [1.82, 2.24) is 0 Å². The van der Waals surface area contributed by atoms with Crippen molar-refractivity contribution in [2.24, 2.45) is 5.73 Å². The van der Waals surface area contributed by atoms with Crippen LogP contribution in [0, 0.1) is 11.6 Å². The fourth-order valence-corrected chi connectivity index (χ4v) is 1.89. The van der Waals surface area contributed by atoms with Gasteiger partial charge in [-0.15, -0.1) is 0 Å². The van der Waals surface area contributed by atoms with E-state index in [4.69, 9.17) is 5.73 Å². The predicted molar refractivity (Wildman–Crippen MR) is 100 cm³/mol. The molecule has 0 aromatic heterocycles. The number of carbonyl (C=O) groups excluding carboxylic acids is 3. The summed E-state index contributed by atoms with van der Waals surface area (Å²) >= 11 is 0. The molecule has 1 aromatic rings. The number of nitrogens with two attached hydrogens (primary N) is 1. The molecule has 156 valence electrons. The number of benzene rings is 1. The van der Waals surface area contributed by atoms with Crippen molar-refractivity contribution in [3.05, 3.63) is 42.0 Å². The second-order valence-corrected chi connectivity index (χ2v) is 5.85. The van der Waals surface area contributed by atoms with E-state index in [0.29, 0.717) is 12.5 Å². The fraction of sp³-hybridized carbons (Fsp3) is 0.421. The van der Waals surface area contributed by atoms with Crippen molar-refractivity contribution < 1.29 is 32.6 Å². The van der Waals surface area contributed by atoms with Gasteiger partial charge in [0.1, 0.15) is 11.6 Å². The van der Waals surface area contributed by atoms with Crippen molar-refractivity contribution in [2.45, 2.75) is 45.3 Å². The van der Waals surface area contributed by atoms with E-state index in [-0.39, 0.29) is 11.8 Å². The van der Waals surface area contributed by atoms with Crippen LogP contribution in [-0.2, 0) is 23.9 Å². The predicted octanol–water partition coefficient (Wildman–Crippen LogP) is 2.70. The summed E-state index contributed by atoms with van der Waals surface area (Å²) in [5.41, 5.74) is 4.76. The number of amides is 2. The summed E-state index contributed by atoms with van der Waals surface area (Å²) in [6.45, 7) is 4.05. The first-order valence-electron chi connectivity index (χ1n) is 8.54. The third-order valence-corrected chi connectivity index (χ3v) is 3.10. The Morgan fingerprint density at radius 1 is 1.14 bits per heavy atom. The molecule has 1 aliphatic carbocycles. The Balaban J connectivity index is 0.000000537. The lowest BCUT2D eigenvalue weighted by Crippen LogP contribution is -2.40. The second kappa shape index (κ2) is 14.3. The molecule has 3 N–H and O–H groups in total. The Kier molecular flexibility index (Phi) is 12.8. The Bertz CT molecular complexity index is 639. The van der Waals surface area contributed by atoms with Crippen molar-refractivity contribution in [1.29, 1.82) is 0 Å². The number of allylic oxidation sites excluding steroid dienone is 2. The summed E-state index contributed by atoms with van der Waals surface area (Å²) in [5.74, 6) is -3.60. The minimum Gasteiger partial charge on any atom is -0.465 e. The van der Waals surface area contributed by atoms with E-state index in [0.717, 1.165) is 19.2 Å². The monoisotopic (exact) mass is 400 g/mol. The zero-order valence-electron chi connectivity index (χ0n) is 16.1. The molecule has 1 atom stereocenters. The molecule has 0 aliphatic heterocycles. The Morgan fingerprint density at radius 2 is 1.68 bits per heavy atom. The van der Waals surface area contributed by atoms with E-state index >= 15 is 0 Å². The summed E-state index contributed by atoms with van der Waals surface area (Å²) < 4.78 is 34.5. The topological polar surface area (TPSA) is 108 Å². The number of halogens is 2. The Morgan fingerprint density at radius 3 is 1.96 bits per heavy atom. The standard InChI is InChI=1S/C10H10F2N2O3.C5H8.C4H8O2/c1-17-8(9(13)15)10(16)14-7-3-5(11)2-6(12)4-7;1-2-4-5-3-1;1-4(2)6-3-5/h2-4,8H,1H3,(H2,13,15)(H,14,16);1-2H,3-5H2;3-4H,1-2H3. The number of methoxy groups -OCH3 is 1. The third-order valence-electron chi connectivity index (χ3n) is 3.10. The summed E-state index contributed by atoms with van der Waals surface area (Å²) in [7, 11) is 1.11. The largest absolute Gasteiger partial charge is 0.465 e. The number of nitrogens with one attached hydrogen (secondary N) is 1. The van der Waals surface area contributed by atoms with Crippen LogP contribution in [0.5, 0.6) is 0 Å². The number of anilines is 1. The van der Waals surface area contributed by atoms with Gasteiger partial charge >= 0.3 is 0 Å². The van der Waals surface area contributed by atoms with Crippen LogP contribution in [0.25, 0.3) is 0 Å². The highest BCUT2D eigenvalue weighted by molar-refractivity contribution is 6.08. The Labute approximate surface area is 162 Å². The zero-order valence-corrected chi connectivity index (χ0v) is 16.1. The Hall–Kier alpha value is -2.81. The first-order valence-corrected chi connectivity index (χ1v) is 8.54. The van der Waals surface area contributed by atoms with Gasteiger partial charge in [-0.2, -0.15) is 0 Å². The van der Waals surface area contributed by atoms with Gasteiger partial charge in [-0.1, -0.05) is 12.2 Å². The van der Waals surface area contributed by atoms with Gasteiger partial charge in [0.05, 0.1) is 6.10 Å². The average molecular weight is 400 g/mol. The molecule has 0 spiro atoms. The SMILES string of the molecule is C1=CCCC1.CC(C)OC=O.COC(C(N)=O)C(=O)Nc1cc(F)cc(F)c1. The van der Waals surface area contributed by atoms with Crippen LogP contribution in [0.4, 0.5) is 14.5 Å². The quantitative estimate of drug-likeness (QED) is 0.434. The van der Waals surface area contributed by atoms with Gasteiger partial charge in [-0.25, -0.2) is 8.78 Å². The van der Waals surface area contributed by atoms with Gasteiger partial charge in [0.25, 0.3) is 18.3 Å². The number of rotatable bonds is 6. The van der Waals surface area contributed by atoms with Crippen LogP contribution < -0.4 is 11.1 Å². The maximum atomic E-state index is 12.8. The molecule has 7 nitrogen and oxygen atoms in total. The van der Waals surface area contributed by atoms with Gasteiger partial charge < -0.3 is 20.5 Å². The molecule has 0 heterocycles. The normalized spacial score (nSPS) is 12.8. The van der Waals surface area contributed by atoms with E-state index in [2.05, 4.69) is 26.9 Å². The first-order chi connectivity index (χ1) is 13.2. The molecule has 2 amide bonds. The van der Waals surface area contributed by atoms with Crippen LogP contribution in [0.3, 0.4) is 0 Å². The molecule has 1 aromatic carbocycles. The highest BCUT2D eigenvalue weighted by Crippen LogP contribution is 2.13. The molecule has 28 heavy (non-hydrogen) atoms. The van der Waals surface area contributed by atoms with Crippen LogP contribution >= 0.6 is 0 Å². The van der Waals surface area contributed by atoms with Crippen LogP contribution in [0.15, 0.2) is 30.4 Å². The van der Waals surface area contributed by atoms with Crippen molar-refractivity contribution in [3.8, 4) is 0 Å². The molecule has 0 fully saturated rings. The van der Waals surface area contributed by atoms with E-state index in [1.54, 1.807) is 13.8 Å². The molecule has 0 bridgehead atoms. The summed E-state index contributed by atoms with van der Waals surface area (Å²) in [4.78, 5) is 31.6. The van der Waals surface area contributed by atoms with Gasteiger partial charge in [-0.3, -0.25) is 14.4 Å². The lowest BCUT2D eigenvalue weighted by Gasteiger charge is -2.11. The number of hydrogen-bond acceptors (Lipinski definition) is 5. The molecule has 9 heteroatoms. The maximum absolute atomic E-state index is 12.8. The summed E-state index contributed by atoms with van der Waals surface area (Å²) in [6.07, 6.45) is 7.02. The van der Waals surface area contributed by atoms with Gasteiger partial charge in [-0.05, 0) is 45.2 Å². The van der Waals surface area contributed by atoms with Gasteiger partial charge in [0.2, 0.25) is 6.10 Å². The van der Waals surface area contributed by atoms with E-state index < -0.39 is 29.6 Å². The van der Waals surface area contributed by atoms with E-state index in [1.165, 1.54) is 19.3 Å². The third kappa shape index (κ3) is 11.7. The number of ether oxygens (including phenoxy) is 2. The molecule has 0 saturated heterocycles. The van der Waals surface area contributed by atoms with E-state index in [9.17, 15) is 23.2 Å². The molecule has 1 unspecified atom stereocenters. The molecule has 1 aliphatic rings. The molecule has 0 saturated carbocycles. The van der Waals surface area contributed by atoms with Crippen molar-refractivity contribution >= 4 is 24.0 Å². The average Bonchev–Trinajstić information content (AvgIpc) is 3.14. The summed E-state index contributed by atoms with van der Waals surface area (Å²) in [6, 6.07) is 2.45. The molecular weight excluding hydrogens is 374 g/mol. The van der Waals surface area contributed by atoms with Gasteiger partial charge in [0.15, 0.2) is 0 Å². The number of hydrogen-bond donors (Lipinski definition) is 2. The number of primary amides is 1. The minimum atomic E-state index is -1.51. The van der Waals surface area contributed by atoms with Crippen LogP contribution in [0.2, 0.25) is 0 Å². The first kappa shape index (κ1) is 25.2. The highest BCUT2D eigenvalue weighted by atomic mass is 19.1. The lowest BCUT2D eigenvalue weighted by atomic mass is 10.2. The second-order valence-electron chi connectivity index (χ2n) is 5.85. The van der Waals surface area contributed by atoms with Gasteiger partial charge in [0, 0.05) is 18.9 Å². The van der Waals surface area contributed by atoms with Crippen molar-refractivity contribution in [2.75, 3.05) is 12.4 Å². The highest BCUT2D eigenvalue weighted by Gasteiger charge is 2.23. The zero-order chi connectivity index (χ0) is 21.5. The van der Waals surface area contributed by atoms with Crippen LogP contribution in [0.1, 0.15) is 33.1 Å². The number of carbonyl (C=O) groups is 3.